The lowest BCUT2D eigenvalue weighted by Crippen LogP contribution is -2.38. The smallest absolute Gasteiger partial charge is 0.255 e. The zero-order valence-electron chi connectivity index (χ0n) is 14.8. The molecular formula is C18H27Cl2N3O2. The van der Waals surface area contributed by atoms with Crippen molar-refractivity contribution < 1.29 is 9.59 Å². The number of rotatable bonds is 6. The van der Waals surface area contributed by atoms with Crippen molar-refractivity contribution in [2.45, 2.75) is 44.6 Å². The Kier molecular flexibility index (Phi) is 9.25. The molecule has 140 valence electrons. The first kappa shape index (κ1) is 21.7. The average Bonchev–Trinajstić information content (AvgIpc) is 2.59. The highest BCUT2D eigenvalue weighted by Gasteiger charge is 2.24. The third kappa shape index (κ3) is 6.17. The molecule has 0 radical (unpaired) electrons. The summed E-state index contributed by atoms with van der Waals surface area (Å²) >= 11 is 6.28. The van der Waals surface area contributed by atoms with Gasteiger partial charge in [0.05, 0.1) is 10.6 Å². The van der Waals surface area contributed by atoms with E-state index >= 15 is 0 Å². The van der Waals surface area contributed by atoms with Crippen LogP contribution in [0.4, 0.5) is 5.69 Å². The highest BCUT2D eigenvalue weighted by Crippen LogP contribution is 2.26. The molecule has 2 N–H and O–H groups in total. The summed E-state index contributed by atoms with van der Waals surface area (Å²) in [7, 11) is 3.65. The lowest BCUT2D eigenvalue weighted by atomic mass is 9.94. The molecule has 0 heterocycles. The second-order valence-electron chi connectivity index (χ2n) is 6.30. The number of nitrogens with zero attached hydrogens (tertiary/aromatic N) is 1. The van der Waals surface area contributed by atoms with E-state index in [0.29, 0.717) is 35.3 Å². The fraction of sp³-hybridized carbons (Fsp3) is 0.556. The molecular weight excluding hydrogens is 361 g/mol. The maximum atomic E-state index is 12.7. The highest BCUT2D eigenvalue weighted by molar-refractivity contribution is 6.34. The molecule has 0 unspecified atom stereocenters. The van der Waals surface area contributed by atoms with Crippen molar-refractivity contribution in [3.8, 4) is 0 Å². The standard InChI is InChI=1S/C18H26ClN3O2.ClH/c1-20-11-10-17(23)21-13-8-9-15(16(19)12-13)18(24)22(2)14-6-4-3-5-7-14;/h8-9,12,14,20H,3-7,10-11H2,1-2H3,(H,21,23);1H. The van der Waals surface area contributed by atoms with Crippen molar-refractivity contribution in [2.75, 3.05) is 26.0 Å². The van der Waals surface area contributed by atoms with Crippen LogP contribution in [0.3, 0.4) is 0 Å². The predicted molar refractivity (Wildman–Crippen MR) is 105 cm³/mol. The molecule has 7 heteroatoms. The molecule has 25 heavy (non-hydrogen) atoms. The van der Waals surface area contributed by atoms with Crippen LogP contribution in [0.2, 0.25) is 5.02 Å². The van der Waals surface area contributed by atoms with Gasteiger partial charge in [-0.25, -0.2) is 0 Å². The Morgan fingerprint density at radius 2 is 1.92 bits per heavy atom. The summed E-state index contributed by atoms with van der Waals surface area (Å²) in [6.45, 7) is 0.613. The van der Waals surface area contributed by atoms with Gasteiger partial charge < -0.3 is 15.5 Å². The van der Waals surface area contributed by atoms with Gasteiger partial charge in [-0.3, -0.25) is 9.59 Å². The van der Waals surface area contributed by atoms with Gasteiger partial charge in [0.2, 0.25) is 5.91 Å². The topological polar surface area (TPSA) is 61.4 Å². The predicted octanol–water partition coefficient (Wildman–Crippen LogP) is 3.71. The number of hydrogen-bond donors (Lipinski definition) is 2. The van der Waals surface area contributed by atoms with Crippen molar-refractivity contribution in [3.05, 3.63) is 28.8 Å². The minimum atomic E-state index is -0.0844. The number of anilines is 1. The summed E-state index contributed by atoms with van der Waals surface area (Å²) in [5.41, 5.74) is 1.09. The Labute approximate surface area is 160 Å². The van der Waals surface area contributed by atoms with Gasteiger partial charge in [0.25, 0.3) is 5.91 Å². The van der Waals surface area contributed by atoms with Crippen molar-refractivity contribution in [1.29, 1.82) is 0 Å². The second-order valence-corrected chi connectivity index (χ2v) is 6.71. The number of amides is 2. The summed E-state index contributed by atoms with van der Waals surface area (Å²) in [5.74, 6) is -0.140. The van der Waals surface area contributed by atoms with Gasteiger partial charge in [-0.1, -0.05) is 30.9 Å². The Morgan fingerprint density at radius 1 is 1.24 bits per heavy atom. The first-order valence-corrected chi connectivity index (χ1v) is 8.92. The van der Waals surface area contributed by atoms with Crippen LogP contribution >= 0.6 is 24.0 Å². The van der Waals surface area contributed by atoms with Crippen LogP contribution in [0, 0.1) is 0 Å². The van der Waals surface area contributed by atoms with Crippen LogP contribution < -0.4 is 10.6 Å². The van der Waals surface area contributed by atoms with Crippen LogP contribution in [0.5, 0.6) is 0 Å². The van der Waals surface area contributed by atoms with E-state index in [0.717, 1.165) is 12.8 Å². The third-order valence-electron chi connectivity index (χ3n) is 4.53. The number of halogens is 2. The summed E-state index contributed by atoms with van der Waals surface area (Å²) in [5, 5.41) is 6.08. The van der Waals surface area contributed by atoms with E-state index in [1.54, 1.807) is 25.2 Å². The van der Waals surface area contributed by atoms with Gasteiger partial charge in [0.15, 0.2) is 0 Å². The molecule has 1 aromatic rings. The summed E-state index contributed by atoms with van der Waals surface area (Å²) in [4.78, 5) is 26.2. The Bertz CT molecular complexity index is 590. The van der Waals surface area contributed by atoms with E-state index in [4.69, 9.17) is 11.6 Å². The molecule has 0 bridgehead atoms. The maximum absolute atomic E-state index is 12.7. The normalized spacial score (nSPS) is 14.5. The maximum Gasteiger partial charge on any atom is 0.255 e. The SMILES string of the molecule is CNCCC(=O)Nc1ccc(C(=O)N(C)C2CCCCC2)c(Cl)c1.Cl. The molecule has 5 nitrogen and oxygen atoms in total. The van der Waals surface area contributed by atoms with Crippen molar-refractivity contribution in [2.24, 2.45) is 0 Å². The first-order valence-electron chi connectivity index (χ1n) is 8.54. The molecule has 2 amide bonds. The van der Waals surface area contributed by atoms with E-state index in [1.165, 1.54) is 19.3 Å². The Hall–Kier alpha value is -1.30. The molecule has 0 aliphatic heterocycles. The van der Waals surface area contributed by atoms with Crippen molar-refractivity contribution in [3.63, 3.8) is 0 Å². The van der Waals surface area contributed by atoms with E-state index in [1.807, 2.05) is 11.9 Å². The molecule has 0 saturated heterocycles. The van der Waals surface area contributed by atoms with Crippen molar-refractivity contribution in [1.82, 2.24) is 10.2 Å². The van der Waals surface area contributed by atoms with Crippen LogP contribution in [0.25, 0.3) is 0 Å². The van der Waals surface area contributed by atoms with Gasteiger partial charge >= 0.3 is 0 Å². The first-order chi connectivity index (χ1) is 11.5. The number of carbonyl (C=O) groups excluding carboxylic acids is 2. The van der Waals surface area contributed by atoms with Crippen LogP contribution in [-0.2, 0) is 4.79 Å². The lowest BCUT2D eigenvalue weighted by molar-refractivity contribution is -0.116. The minimum Gasteiger partial charge on any atom is -0.339 e. The summed E-state index contributed by atoms with van der Waals surface area (Å²) in [6, 6.07) is 5.35. The van der Waals surface area contributed by atoms with Gasteiger partial charge in [-0.15, -0.1) is 12.4 Å². The molecule has 1 aliphatic rings. The number of hydrogen-bond acceptors (Lipinski definition) is 3. The molecule has 0 spiro atoms. The summed E-state index contributed by atoms with van der Waals surface area (Å²) in [6.07, 6.45) is 6.10. The largest absolute Gasteiger partial charge is 0.339 e. The monoisotopic (exact) mass is 387 g/mol. The van der Waals surface area contributed by atoms with Crippen molar-refractivity contribution >= 4 is 41.5 Å². The van der Waals surface area contributed by atoms with Gasteiger partial charge in [-0.05, 0) is 38.1 Å². The van der Waals surface area contributed by atoms with E-state index < -0.39 is 0 Å². The number of carbonyl (C=O) groups is 2. The third-order valence-corrected chi connectivity index (χ3v) is 4.84. The molecule has 1 fully saturated rings. The Morgan fingerprint density at radius 3 is 2.52 bits per heavy atom. The highest BCUT2D eigenvalue weighted by atomic mass is 35.5. The zero-order chi connectivity index (χ0) is 17.5. The van der Waals surface area contributed by atoms with E-state index in [-0.39, 0.29) is 24.2 Å². The molecule has 1 aromatic carbocycles. The average molecular weight is 388 g/mol. The number of benzene rings is 1. The quantitative estimate of drug-likeness (QED) is 0.781. The van der Waals surface area contributed by atoms with Crippen LogP contribution in [0.15, 0.2) is 18.2 Å². The molecule has 1 saturated carbocycles. The molecule has 0 aromatic heterocycles. The zero-order valence-corrected chi connectivity index (χ0v) is 16.4. The van der Waals surface area contributed by atoms with Gasteiger partial charge in [0, 0.05) is 31.7 Å². The fourth-order valence-electron chi connectivity index (χ4n) is 3.05. The second kappa shape index (κ2) is 10.6. The van der Waals surface area contributed by atoms with Crippen LogP contribution in [0.1, 0.15) is 48.9 Å². The molecule has 1 aliphatic carbocycles. The summed E-state index contributed by atoms with van der Waals surface area (Å²) < 4.78 is 0. The fourth-order valence-corrected chi connectivity index (χ4v) is 3.31. The van der Waals surface area contributed by atoms with Crippen LogP contribution in [-0.4, -0.2) is 43.4 Å². The van der Waals surface area contributed by atoms with Gasteiger partial charge in [-0.2, -0.15) is 0 Å². The lowest BCUT2D eigenvalue weighted by Gasteiger charge is -2.31. The molecule has 0 atom stereocenters. The van der Waals surface area contributed by atoms with E-state index in [9.17, 15) is 9.59 Å². The Balaban J connectivity index is 0.00000312. The molecule has 2 rings (SSSR count). The van der Waals surface area contributed by atoms with Gasteiger partial charge in [0.1, 0.15) is 0 Å². The minimum absolute atomic E-state index is 0. The number of nitrogens with one attached hydrogen (secondary N) is 2. The van der Waals surface area contributed by atoms with E-state index in [2.05, 4.69) is 10.6 Å².